The van der Waals surface area contributed by atoms with Crippen molar-refractivity contribution in [3.63, 3.8) is 0 Å². The first-order valence-electron chi connectivity index (χ1n) is 11.1. The van der Waals surface area contributed by atoms with Crippen LogP contribution in [-0.4, -0.2) is 15.3 Å². The van der Waals surface area contributed by atoms with Crippen molar-refractivity contribution in [3.05, 3.63) is 97.1 Å². The molecule has 2 aliphatic rings. The van der Waals surface area contributed by atoms with Crippen LogP contribution in [-0.2, 0) is 4.79 Å². The number of benzene rings is 1. The number of thiophene rings is 1. The van der Waals surface area contributed by atoms with Gasteiger partial charge in [-0.3, -0.25) is 19.8 Å². The zero-order valence-corrected chi connectivity index (χ0v) is 19.6. The largest absolute Gasteiger partial charge is 0.309 e. The summed E-state index contributed by atoms with van der Waals surface area (Å²) < 4.78 is 1.87. The monoisotopic (exact) mass is 470 g/mol. The van der Waals surface area contributed by atoms with Crippen LogP contribution in [0.15, 0.2) is 71.7 Å². The lowest BCUT2D eigenvalue weighted by Gasteiger charge is -2.41. The third-order valence-electron chi connectivity index (χ3n) is 6.39. The lowest BCUT2D eigenvalue weighted by atomic mass is 9.78. The Balaban J connectivity index is 1.87. The molecule has 0 unspecified atom stereocenters. The van der Waals surface area contributed by atoms with Crippen LogP contribution in [0.2, 0.25) is 0 Å². The standard InChI is InChI=1S/C26H22N4O3S/c1-16-8-10-18(30(32)33)14-21(16)29-20-6-5-7-22(31)25(20)24(23-11-9-17(2)34-23)19(15-27)26(29)28-12-3-4-13-28/h3-4,8-14,24H,5-7H2,1-2H3/t24-/m1/s1. The second-order valence-electron chi connectivity index (χ2n) is 8.52. The Hall–Kier alpha value is -3.96. The summed E-state index contributed by atoms with van der Waals surface area (Å²) in [5, 5.41) is 22.1. The molecule has 0 spiro atoms. The molecular weight excluding hydrogens is 448 g/mol. The van der Waals surface area contributed by atoms with Crippen LogP contribution in [0.5, 0.6) is 0 Å². The number of aromatic nitrogens is 1. The molecule has 34 heavy (non-hydrogen) atoms. The summed E-state index contributed by atoms with van der Waals surface area (Å²) in [4.78, 5) is 28.5. The average Bonchev–Trinajstić information content (AvgIpc) is 3.50. The van der Waals surface area contributed by atoms with Crippen LogP contribution < -0.4 is 4.90 Å². The first-order valence-corrected chi connectivity index (χ1v) is 11.9. The van der Waals surface area contributed by atoms with Crippen molar-refractivity contribution in [1.29, 1.82) is 5.26 Å². The molecule has 7 nitrogen and oxygen atoms in total. The fourth-order valence-corrected chi connectivity index (χ4v) is 5.88. The highest BCUT2D eigenvalue weighted by molar-refractivity contribution is 7.12. The minimum Gasteiger partial charge on any atom is -0.309 e. The van der Waals surface area contributed by atoms with E-state index in [4.69, 9.17) is 0 Å². The second-order valence-corrected chi connectivity index (χ2v) is 9.84. The van der Waals surface area contributed by atoms with E-state index in [0.717, 1.165) is 21.0 Å². The molecule has 1 aliphatic heterocycles. The number of nitriles is 1. The van der Waals surface area contributed by atoms with Gasteiger partial charge in [-0.15, -0.1) is 11.3 Å². The Bertz CT molecular complexity index is 1420. The summed E-state index contributed by atoms with van der Waals surface area (Å²) in [6.07, 6.45) is 5.49. The molecule has 0 saturated carbocycles. The SMILES string of the molecule is Cc1ccc([C@H]2C(C#N)=C(n3cccc3)N(c3cc([N+](=O)[O-])ccc3C)C3=C2C(=O)CCC3)s1. The first-order chi connectivity index (χ1) is 16.4. The number of ketones is 1. The van der Waals surface area contributed by atoms with Crippen LogP contribution in [0.3, 0.4) is 0 Å². The van der Waals surface area contributed by atoms with Gasteiger partial charge in [0.1, 0.15) is 5.82 Å². The average molecular weight is 471 g/mol. The van der Waals surface area contributed by atoms with E-state index in [0.29, 0.717) is 41.9 Å². The number of Topliss-reactive ketones (excluding diaryl/α,β-unsaturated/α-hetero) is 1. The van der Waals surface area contributed by atoms with Gasteiger partial charge in [0.25, 0.3) is 5.69 Å². The smallest absolute Gasteiger partial charge is 0.271 e. The summed E-state index contributed by atoms with van der Waals surface area (Å²) >= 11 is 1.59. The number of non-ortho nitro benzene ring substituents is 1. The summed E-state index contributed by atoms with van der Waals surface area (Å²) in [5.41, 5.74) is 3.30. The van der Waals surface area contributed by atoms with Crippen molar-refractivity contribution in [3.8, 4) is 6.07 Å². The number of rotatable bonds is 4. The number of carbonyl (C=O) groups is 1. The molecular formula is C26H22N4O3S. The van der Waals surface area contributed by atoms with Crippen LogP contribution >= 0.6 is 11.3 Å². The number of hydrogen-bond acceptors (Lipinski definition) is 6. The lowest BCUT2D eigenvalue weighted by molar-refractivity contribution is -0.384. The molecule has 1 aromatic carbocycles. The lowest BCUT2D eigenvalue weighted by Crippen LogP contribution is -2.36. The normalized spacial score (nSPS) is 18.2. The Labute approximate surface area is 201 Å². The molecule has 0 bridgehead atoms. The molecule has 1 atom stereocenters. The van der Waals surface area contributed by atoms with Gasteiger partial charge >= 0.3 is 0 Å². The Kier molecular flexibility index (Phi) is 5.42. The molecule has 0 N–H and O–H groups in total. The fraction of sp³-hybridized carbons (Fsp3) is 0.231. The first kappa shape index (κ1) is 21.9. The van der Waals surface area contributed by atoms with Gasteiger partial charge in [0.15, 0.2) is 5.78 Å². The van der Waals surface area contributed by atoms with Crippen molar-refractivity contribution >= 4 is 34.3 Å². The molecule has 3 heterocycles. The molecule has 8 heteroatoms. The number of allylic oxidation sites excluding steroid dienone is 3. The van der Waals surface area contributed by atoms with Gasteiger partial charge in [-0.1, -0.05) is 6.07 Å². The molecule has 0 amide bonds. The van der Waals surface area contributed by atoms with Gasteiger partial charge in [-0.2, -0.15) is 5.26 Å². The fourth-order valence-electron chi connectivity index (χ4n) is 4.88. The maximum absolute atomic E-state index is 13.4. The van der Waals surface area contributed by atoms with E-state index in [-0.39, 0.29) is 11.5 Å². The zero-order chi connectivity index (χ0) is 24.0. The van der Waals surface area contributed by atoms with Crippen LogP contribution in [0.1, 0.15) is 40.5 Å². The van der Waals surface area contributed by atoms with Gasteiger partial charge in [0.05, 0.1) is 28.2 Å². The van der Waals surface area contributed by atoms with Gasteiger partial charge < -0.3 is 4.57 Å². The number of nitro groups is 1. The molecule has 5 rings (SSSR count). The van der Waals surface area contributed by atoms with Gasteiger partial charge in [0, 0.05) is 52.0 Å². The van der Waals surface area contributed by atoms with E-state index in [1.807, 2.05) is 60.0 Å². The number of nitrogens with zero attached hydrogens (tertiary/aromatic N) is 4. The van der Waals surface area contributed by atoms with Crippen LogP contribution in [0, 0.1) is 35.3 Å². The number of hydrogen-bond donors (Lipinski definition) is 0. The molecule has 1 aliphatic carbocycles. The molecule has 3 aromatic rings. The Morgan fingerprint density at radius 2 is 1.91 bits per heavy atom. The molecule has 2 aromatic heterocycles. The van der Waals surface area contributed by atoms with Crippen molar-refractivity contribution in [2.24, 2.45) is 0 Å². The predicted octanol–water partition coefficient (Wildman–Crippen LogP) is 6.08. The van der Waals surface area contributed by atoms with E-state index in [9.17, 15) is 20.2 Å². The van der Waals surface area contributed by atoms with Crippen molar-refractivity contribution < 1.29 is 9.72 Å². The second kappa shape index (κ2) is 8.43. The molecule has 0 fully saturated rings. The summed E-state index contributed by atoms with van der Waals surface area (Å²) in [7, 11) is 0. The van der Waals surface area contributed by atoms with Gasteiger partial charge in [0.2, 0.25) is 0 Å². The van der Waals surface area contributed by atoms with Crippen LogP contribution in [0.4, 0.5) is 11.4 Å². The quantitative estimate of drug-likeness (QED) is 0.340. The summed E-state index contributed by atoms with van der Waals surface area (Å²) in [6.45, 7) is 3.90. The minimum atomic E-state index is -0.459. The van der Waals surface area contributed by atoms with E-state index >= 15 is 0 Å². The number of aryl methyl sites for hydroxylation is 2. The van der Waals surface area contributed by atoms with Gasteiger partial charge in [-0.05, 0) is 56.5 Å². The topological polar surface area (TPSA) is 92.2 Å². The number of nitro benzene ring substituents is 1. The highest BCUT2D eigenvalue weighted by atomic mass is 32.1. The van der Waals surface area contributed by atoms with E-state index in [1.54, 1.807) is 17.4 Å². The van der Waals surface area contributed by atoms with Crippen molar-refractivity contribution in [2.75, 3.05) is 4.90 Å². The predicted molar refractivity (Wildman–Crippen MR) is 131 cm³/mol. The van der Waals surface area contributed by atoms with E-state index in [1.165, 1.54) is 12.1 Å². The summed E-state index contributed by atoms with van der Waals surface area (Å²) in [6, 6.07) is 14.9. The highest BCUT2D eigenvalue weighted by Crippen LogP contribution is 2.50. The summed E-state index contributed by atoms with van der Waals surface area (Å²) in [5.74, 6) is 0.185. The zero-order valence-electron chi connectivity index (χ0n) is 18.8. The Morgan fingerprint density at radius 1 is 1.15 bits per heavy atom. The maximum Gasteiger partial charge on any atom is 0.271 e. The maximum atomic E-state index is 13.4. The highest BCUT2D eigenvalue weighted by Gasteiger charge is 2.42. The third-order valence-corrected chi connectivity index (χ3v) is 7.45. The van der Waals surface area contributed by atoms with E-state index in [2.05, 4.69) is 6.07 Å². The molecule has 170 valence electrons. The number of carbonyl (C=O) groups excluding carboxylic acids is 1. The molecule has 0 saturated heterocycles. The van der Waals surface area contributed by atoms with Gasteiger partial charge in [-0.25, -0.2) is 0 Å². The number of anilines is 1. The van der Waals surface area contributed by atoms with E-state index < -0.39 is 10.8 Å². The third kappa shape index (κ3) is 3.45. The van der Waals surface area contributed by atoms with Crippen LogP contribution in [0.25, 0.3) is 5.82 Å². The Morgan fingerprint density at radius 3 is 2.56 bits per heavy atom. The minimum absolute atomic E-state index is 0.0321. The van der Waals surface area contributed by atoms with Crippen molar-refractivity contribution in [2.45, 2.75) is 39.0 Å². The molecule has 0 radical (unpaired) electrons. The van der Waals surface area contributed by atoms with Crippen molar-refractivity contribution in [1.82, 2.24) is 4.57 Å².